The average Bonchev–Trinajstić information content (AvgIpc) is 2.95. The number of fused-ring (bicyclic) bond motifs is 1. The molecule has 1 aliphatic rings. The van der Waals surface area contributed by atoms with Crippen molar-refractivity contribution >= 4 is 11.0 Å². The highest BCUT2D eigenvalue weighted by atomic mass is 16.3. The van der Waals surface area contributed by atoms with Crippen molar-refractivity contribution in [2.24, 2.45) is 0 Å². The van der Waals surface area contributed by atoms with E-state index in [4.69, 9.17) is 4.42 Å². The Morgan fingerprint density at radius 1 is 1.35 bits per heavy atom. The molecule has 3 rings (SSSR count). The molecule has 0 spiro atoms. The van der Waals surface area contributed by atoms with Gasteiger partial charge in [0.2, 0.25) is 0 Å². The molecule has 0 bridgehead atoms. The lowest BCUT2D eigenvalue weighted by atomic mass is 9.89. The smallest absolute Gasteiger partial charge is 0.134 e. The lowest BCUT2D eigenvalue weighted by Gasteiger charge is -2.26. The summed E-state index contributed by atoms with van der Waals surface area (Å²) in [6.45, 7) is 3.35. The van der Waals surface area contributed by atoms with Crippen molar-refractivity contribution in [2.45, 2.75) is 38.1 Å². The number of para-hydroxylation sites is 1. The highest BCUT2D eigenvalue weighted by Crippen LogP contribution is 2.37. The Labute approximate surface area is 102 Å². The topological polar surface area (TPSA) is 25.2 Å². The SMILES string of the molecule is CCCC1(c2cc3ccccc3o2)CCCN1. The largest absolute Gasteiger partial charge is 0.459 e. The van der Waals surface area contributed by atoms with Gasteiger partial charge in [-0.15, -0.1) is 0 Å². The molecule has 17 heavy (non-hydrogen) atoms. The van der Waals surface area contributed by atoms with Crippen LogP contribution in [0, 0.1) is 0 Å². The van der Waals surface area contributed by atoms with Crippen LogP contribution < -0.4 is 5.32 Å². The molecule has 1 aromatic heterocycles. The second-order valence-corrected chi connectivity index (χ2v) is 5.01. The van der Waals surface area contributed by atoms with Crippen LogP contribution in [0.5, 0.6) is 0 Å². The second-order valence-electron chi connectivity index (χ2n) is 5.01. The fourth-order valence-corrected chi connectivity index (χ4v) is 3.00. The summed E-state index contributed by atoms with van der Waals surface area (Å²) in [6, 6.07) is 10.5. The molecule has 2 heterocycles. The molecule has 1 fully saturated rings. The van der Waals surface area contributed by atoms with E-state index in [0.717, 1.165) is 24.3 Å². The number of furan rings is 1. The van der Waals surface area contributed by atoms with E-state index in [-0.39, 0.29) is 5.54 Å². The van der Waals surface area contributed by atoms with Crippen LogP contribution in [0.2, 0.25) is 0 Å². The van der Waals surface area contributed by atoms with Gasteiger partial charge in [0.15, 0.2) is 0 Å². The first-order valence-electron chi connectivity index (χ1n) is 6.58. The maximum absolute atomic E-state index is 6.05. The van der Waals surface area contributed by atoms with Crippen LogP contribution in [-0.4, -0.2) is 6.54 Å². The molecule has 2 nitrogen and oxygen atoms in total. The molecule has 1 N–H and O–H groups in total. The van der Waals surface area contributed by atoms with E-state index in [1.165, 1.54) is 24.6 Å². The van der Waals surface area contributed by atoms with Gasteiger partial charge >= 0.3 is 0 Å². The third-order valence-corrected chi connectivity index (χ3v) is 3.82. The first-order chi connectivity index (χ1) is 8.34. The molecule has 0 saturated carbocycles. The van der Waals surface area contributed by atoms with Crippen molar-refractivity contribution in [2.75, 3.05) is 6.54 Å². The third-order valence-electron chi connectivity index (χ3n) is 3.82. The normalized spacial score (nSPS) is 24.5. The van der Waals surface area contributed by atoms with Crippen molar-refractivity contribution in [3.63, 3.8) is 0 Å². The van der Waals surface area contributed by atoms with Gasteiger partial charge in [-0.05, 0) is 37.9 Å². The van der Waals surface area contributed by atoms with Crippen LogP contribution in [-0.2, 0) is 5.54 Å². The summed E-state index contributed by atoms with van der Waals surface area (Å²) in [5, 5.41) is 4.87. The first kappa shape index (κ1) is 10.8. The number of hydrogen-bond acceptors (Lipinski definition) is 2. The molecule has 1 atom stereocenters. The second kappa shape index (κ2) is 4.19. The molecule has 1 aliphatic heterocycles. The van der Waals surface area contributed by atoms with Gasteiger partial charge in [-0.3, -0.25) is 0 Å². The van der Waals surface area contributed by atoms with E-state index >= 15 is 0 Å². The van der Waals surface area contributed by atoms with Crippen molar-refractivity contribution in [1.82, 2.24) is 5.32 Å². The zero-order chi connectivity index (χ0) is 11.7. The Bertz CT molecular complexity index is 475. The minimum atomic E-state index is 0.0910. The number of hydrogen-bond donors (Lipinski definition) is 1. The van der Waals surface area contributed by atoms with E-state index in [1.807, 2.05) is 12.1 Å². The summed E-state index contributed by atoms with van der Waals surface area (Å²) in [4.78, 5) is 0. The molecule has 1 saturated heterocycles. The van der Waals surface area contributed by atoms with Crippen LogP contribution in [0.15, 0.2) is 34.7 Å². The number of rotatable bonds is 3. The lowest BCUT2D eigenvalue weighted by Crippen LogP contribution is -2.36. The van der Waals surface area contributed by atoms with Gasteiger partial charge in [-0.1, -0.05) is 31.5 Å². The highest BCUT2D eigenvalue weighted by Gasteiger charge is 2.37. The van der Waals surface area contributed by atoms with Gasteiger partial charge in [0.25, 0.3) is 0 Å². The molecule has 2 heteroatoms. The summed E-state index contributed by atoms with van der Waals surface area (Å²) < 4.78 is 6.05. The van der Waals surface area contributed by atoms with E-state index in [9.17, 15) is 0 Å². The van der Waals surface area contributed by atoms with Crippen LogP contribution in [0.1, 0.15) is 38.4 Å². The molecular formula is C15H19NO. The van der Waals surface area contributed by atoms with Crippen LogP contribution >= 0.6 is 0 Å². The zero-order valence-electron chi connectivity index (χ0n) is 10.3. The van der Waals surface area contributed by atoms with Gasteiger partial charge in [0.05, 0.1) is 5.54 Å². The van der Waals surface area contributed by atoms with E-state index in [2.05, 4.69) is 30.4 Å². The highest BCUT2D eigenvalue weighted by molar-refractivity contribution is 5.78. The van der Waals surface area contributed by atoms with Crippen LogP contribution in [0.25, 0.3) is 11.0 Å². The Balaban J connectivity index is 2.05. The summed E-state index contributed by atoms with van der Waals surface area (Å²) in [6.07, 6.45) is 4.79. The molecule has 0 radical (unpaired) electrons. The van der Waals surface area contributed by atoms with Crippen LogP contribution in [0.3, 0.4) is 0 Å². The fourth-order valence-electron chi connectivity index (χ4n) is 3.00. The lowest BCUT2D eigenvalue weighted by molar-refractivity contribution is 0.292. The Hall–Kier alpha value is -1.28. The molecule has 1 aromatic carbocycles. The fraction of sp³-hybridized carbons (Fsp3) is 0.467. The Morgan fingerprint density at radius 3 is 2.94 bits per heavy atom. The predicted octanol–water partition coefficient (Wildman–Crippen LogP) is 3.81. The maximum atomic E-state index is 6.05. The summed E-state index contributed by atoms with van der Waals surface area (Å²) in [5.41, 5.74) is 1.10. The summed E-state index contributed by atoms with van der Waals surface area (Å²) >= 11 is 0. The quantitative estimate of drug-likeness (QED) is 0.865. The molecule has 0 amide bonds. The first-order valence-corrected chi connectivity index (χ1v) is 6.58. The van der Waals surface area contributed by atoms with Crippen molar-refractivity contribution < 1.29 is 4.42 Å². The summed E-state index contributed by atoms with van der Waals surface area (Å²) in [7, 11) is 0. The van der Waals surface area contributed by atoms with E-state index in [1.54, 1.807) is 0 Å². The molecular weight excluding hydrogens is 210 g/mol. The molecule has 0 aliphatic carbocycles. The number of benzene rings is 1. The van der Waals surface area contributed by atoms with E-state index < -0.39 is 0 Å². The zero-order valence-corrected chi connectivity index (χ0v) is 10.3. The summed E-state index contributed by atoms with van der Waals surface area (Å²) in [5.74, 6) is 1.12. The Morgan fingerprint density at radius 2 is 2.24 bits per heavy atom. The average molecular weight is 229 g/mol. The standard InChI is InChI=1S/C15H19NO/c1-2-8-15(9-5-10-16-15)14-11-12-6-3-4-7-13(12)17-14/h3-4,6-7,11,16H,2,5,8-10H2,1H3. The van der Waals surface area contributed by atoms with Gasteiger partial charge < -0.3 is 9.73 Å². The van der Waals surface area contributed by atoms with Crippen molar-refractivity contribution in [3.8, 4) is 0 Å². The van der Waals surface area contributed by atoms with E-state index in [0.29, 0.717) is 0 Å². The van der Waals surface area contributed by atoms with Crippen molar-refractivity contribution in [1.29, 1.82) is 0 Å². The molecule has 2 aromatic rings. The third kappa shape index (κ3) is 1.77. The maximum Gasteiger partial charge on any atom is 0.134 e. The van der Waals surface area contributed by atoms with Gasteiger partial charge in [0, 0.05) is 5.39 Å². The molecule has 1 unspecified atom stereocenters. The molecule has 90 valence electrons. The van der Waals surface area contributed by atoms with Crippen LogP contribution in [0.4, 0.5) is 0 Å². The van der Waals surface area contributed by atoms with Gasteiger partial charge in [-0.2, -0.15) is 0 Å². The van der Waals surface area contributed by atoms with Crippen molar-refractivity contribution in [3.05, 3.63) is 36.1 Å². The minimum absolute atomic E-state index is 0.0910. The monoisotopic (exact) mass is 229 g/mol. The Kier molecular flexibility index (Phi) is 2.67. The minimum Gasteiger partial charge on any atom is -0.459 e. The van der Waals surface area contributed by atoms with Gasteiger partial charge in [0.1, 0.15) is 11.3 Å². The number of nitrogens with one attached hydrogen (secondary N) is 1. The predicted molar refractivity (Wildman–Crippen MR) is 70.0 cm³/mol. The van der Waals surface area contributed by atoms with Gasteiger partial charge in [-0.25, -0.2) is 0 Å².